The van der Waals surface area contributed by atoms with Gasteiger partial charge in [0.1, 0.15) is 0 Å². The van der Waals surface area contributed by atoms with Crippen LogP contribution in [0.15, 0.2) is 48.5 Å². The fourth-order valence-electron chi connectivity index (χ4n) is 2.53. The lowest BCUT2D eigenvalue weighted by molar-refractivity contribution is 0.0494. The first kappa shape index (κ1) is 17.9. The van der Waals surface area contributed by atoms with E-state index in [1.165, 1.54) is 5.56 Å². The molecule has 1 N–H and O–H groups in total. The number of nitrogens with zero attached hydrogens (tertiary/aromatic N) is 2. The lowest BCUT2D eigenvalue weighted by atomic mass is 10.1. The van der Waals surface area contributed by atoms with Crippen LogP contribution in [0, 0.1) is 6.92 Å². The highest BCUT2D eigenvalue weighted by Gasteiger charge is 2.17. The highest BCUT2D eigenvalue weighted by Crippen LogP contribution is 2.19. The molecule has 0 bridgehead atoms. The summed E-state index contributed by atoms with van der Waals surface area (Å²) in [5, 5.41) is 3.24. The molecule has 3 rings (SSSR count). The van der Waals surface area contributed by atoms with Crippen molar-refractivity contribution in [3.05, 3.63) is 65.4 Å². The molecule has 1 aromatic heterocycles. The zero-order chi connectivity index (χ0) is 18.4. The minimum absolute atomic E-state index is 0.229. The van der Waals surface area contributed by atoms with Crippen molar-refractivity contribution in [2.75, 3.05) is 11.9 Å². The van der Waals surface area contributed by atoms with Crippen LogP contribution >= 0.6 is 0 Å². The first-order chi connectivity index (χ1) is 12.7. The third-order valence-electron chi connectivity index (χ3n) is 4.08. The summed E-state index contributed by atoms with van der Waals surface area (Å²) >= 11 is 0. The molecule has 2 aromatic carbocycles. The molecular weight excluding hydrogens is 326 g/mol. The summed E-state index contributed by atoms with van der Waals surface area (Å²) in [6.45, 7) is 5.05. The van der Waals surface area contributed by atoms with E-state index >= 15 is 0 Å². The van der Waals surface area contributed by atoms with E-state index in [-0.39, 0.29) is 5.69 Å². The normalized spacial score (nSPS) is 10.7. The highest BCUT2D eigenvalue weighted by molar-refractivity contribution is 5.95. The van der Waals surface area contributed by atoms with Gasteiger partial charge >= 0.3 is 5.97 Å². The number of benzene rings is 2. The first-order valence-corrected chi connectivity index (χ1v) is 8.90. The number of para-hydroxylation sites is 2. The number of fused-ring (bicyclic) bond motifs is 1. The maximum Gasteiger partial charge on any atom is 0.360 e. The lowest BCUT2D eigenvalue weighted by Gasteiger charge is -2.12. The van der Waals surface area contributed by atoms with Gasteiger partial charge in [0.15, 0.2) is 11.5 Å². The molecule has 0 unspecified atom stereocenters. The second kappa shape index (κ2) is 8.43. The van der Waals surface area contributed by atoms with Gasteiger partial charge in [-0.2, -0.15) is 0 Å². The molecule has 3 aromatic rings. The number of nitrogens with one attached hydrogen (secondary N) is 1. The number of aryl methyl sites for hydroxylation is 1. The van der Waals surface area contributed by atoms with Gasteiger partial charge in [-0.05, 0) is 31.0 Å². The number of esters is 1. The van der Waals surface area contributed by atoms with E-state index in [9.17, 15) is 4.79 Å². The largest absolute Gasteiger partial charge is 0.461 e. The van der Waals surface area contributed by atoms with Crippen LogP contribution in [0.5, 0.6) is 0 Å². The van der Waals surface area contributed by atoms with Crippen molar-refractivity contribution in [2.45, 2.75) is 33.2 Å². The van der Waals surface area contributed by atoms with Gasteiger partial charge in [0.25, 0.3) is 0 Å². The van der Waals surface area contributed by atoms with Crippen molar-refractivity contribution in [1.29, 1.82) is 0 Å². The van der Waals surface area contributed by atoms with E-state index < -0.39 is 5.97 Å². The van der Waals surface area contributed by atoms with Gasteiger partial charge in [0.05, 0.1) is 17.6 Å². The zero-order valence-corrected chi connectivity index (χ0v) is 15.2. The molecule has 5 heteroatoms. The van der Waals surface area contributed by atoms with E-state index in [0.717, 1.165) is 23.9 Å². The minimum atomic E-state index is -0.442. The molecule has 0 spiro atoms. The summed E-state index contributed by atoms with van der Waals surface area (Å²) in [6, 6.07) is 15.7. The number of rotatable bonds is 7. The number of ether oxygens (including phenoxy) is 1. The molecule has 1 heterocycles. The van der Waals surface area contributed by atoms with E-state index in [4.69, 9.17) is 4.74 Å². The van der Waals surface area contributed by atoms with Crippen LogP contribution in [0.1, 0.15) is 41.4 Å². The van der Waals surface area contributed by atoms with Crippen molar-refractivity contribution in [2.24, 2.45) is 0 Å². The molecular formula is C21H23N3O2. The average Bonchev–Trinajstić information content (AvgIpc) is 2.67. The van der Waals surface area contributed by atoms with Gasteiger partial charge in [-0.15, -0.1) is 0 Å². The SMILES string of the molecule is CCCCOC(=O)c1nc2ccccc2nc1NCc1ccc(C)cc1. The standard InChI is InChI=1S/C21H23N3O2/c1-3-4-13-26-21(25)19-20(22-14-16-11-9-15(2)10-12-16)24-18-8-6-5-7-17(18)23-19/h5-12H,3-4,13-14H2,1-2H3,(H,22,24). The lowest BCUT2D eigenvalue weighted by Crippen LogP contribution is -2.14. The topological polar surface area (TPSA) is 64.1 Å². The molecule has 134 valence electrons. The second-order valence-corrected chi connectivity index (χ2v) is 6.24. The van der Waals surface area contributed by atoms with E-state index in [1.54, 1.807) is 0 Å². The molecule has 0 saturated heterocycles. The Kier molecular flexibility index (Phi) is 5.79. The van der Waals surface area contributed by atoms with Crippen LogP contribution in [0.3, 0.4) is 0 Å². The summed E-state index contributed by atoms with van der Waals surface area (Å²) < 4.78 is 5.34. The molecule has 0 aliphatic heterocycles. The average molecular weight is 349 g/mol. The first-order valence-electron chi connectivity index (χ1n) is 8.90. The Morgan fingerprint density at radius 3 is 2.42 bits per heavy atom. The maximum absolute atomic E-state index is 12.5. The third-order valence-corrected chi connectivity index (χ3v) is 4.08. The monoisotopic (exact) mass is 349 g/mol. The molecule has 0 fully saturated rings. The Balaban J connectivity index is 1.86. The summed E-state index contributed by atoms with van der Waals surface area (Å²) in [5.41, 5.74) is 3.96. The number of carbonyl (C=O) groups is 1. The number of hydrogen-bond acceptors (Lipinski definition) is 5. The molecule has 0 radical (unpaired) electrons. The minimum Gasteiger partial charge on any atom is -0.461 e. The van der Waals surface area contributed by atoms with E-state index in [2.05, 4.69) is 53.4 Å². The Morgan fingerprint density at radius 2 is 1.73 bits per heavy atom. The number of unbranched alkanes of at least 4 members (excludes halogenated alkanes) is 1. The van der Waals surface area contributed by atoms with Crippen LogP contribution in [-0.2, 0) is 11.3 Å². The van der Waals surface area contributed by atoms with Gasteiger partial charge in [-0.1, -0.05) is 55.3 Å². The molecule has 26 heavy (non-hydrogen) atoms. The van der Waals surface area contributed by atoms with Gasteiger partial charge in [0, 0.05) is 6.54 Å². The Labute approximate surface area is 153 Å². The van der Waals surface area contributed by atoms with E-state index in [1.807, 2.05) is 24.3 Å². The number of hydrogen-bond donors (Lipinski definition) is 1. The van der Waals surface area contributed by atoms with Crippen LogP contribution in [0.25, 0.3) is 11.0 Å². The zero-order valence-electron chi connectivity index (χ0n) is 15.2. The molecule has 5 nitrogen and oxygen atoms in total. The van der Waals surface area contributed by atoms with Crippen LogP contribution in [0.2, 0.25) is 0 Å². The summed E-state index contributed by atoms with van der Waals surface area (Å²) in [7, 11) is 0. The predicted octanol–water partition coefficient (Wildman–Crippen LogP) is 4.51. The van der Waals surface area contributed by atoms with Crippen molar-refractivity contribution < 1.29 is 9.53 Å². The summed E-state index contributed by atoms with van der Waals surface area (Å²) in [5.74, 6) is 0.00822. The smallest absolute Gasteiger partial charge is 0.360 e. The van der Waals surface area contributed by atoms with Gasteiger partial charge in [-0.25, -0.2) is 14.8 Å². The Hall–Kier alpha value is -2.95. The molecule has 0 aliphatic carbocycles. The quantitative estimate of drug-likeness (QED) is 0.502. The Morgan fingerprint density at radius 1 is 1.04 bits per heavy atom. The van der Waals surface area contributed by atoms with Crippen molar-refractivity contribution in [3.8, 4) is 0 Å². The maximum atomic E-state index is 12.5. The number of anilines is 1. The third kappa shape index (κ3) is 4.36. The second-order valence-electron chi connectivity index (χ2n) is 6.24. The van der Waals surface area contributed by atoms with Crippen molar-refractivity contribution in [3.63, 3.8) is 0 Å². The number of carbonyl (C=O) groups excluding carboxylic acids is 1. The van der Waals surface area contributed by atoms with Crippen molar-refractivity contribution in [1.82, 2.24) is 9.97 Å². The van der Waals surface area contributed by atoms with E-state index in [0.29, 0.717) is 24.5 Å². The van der Waals surface area contributed by atoms with Gasteiger partial charge in [-0.3, -0.25) is 0 Å². The van der Waals surface area contributed by atoms with Crippen LogP contribution in [0.4, 0.5) is 5.82 Å². The van der Waals surface area contributed by atoms with Gasteiger partial charge < -0.3 is 10.1 Å². The summed E-state index contributed by atoms with van der Waals surface area (Å²) in [4.78, 5) is 21.5. The van der Waals surface area contributed by atoms with Crippen molar-refractivity contribution >= 4 is 22.8 Å². The molecule has 0 saturated carbocycles. The molecule has 0 atom stereocenters. The molecule has 0 aliphatic rings. The van der Waals surface area contributed by atoms with Gasteiger partial charge in [0.2, 0.25) is 0 Å². The van der Waals surface area contributed by atoms with Crippen LogP contribution in [-0.4, -0.2) is 22.5 Å². The fourth-order valence-corrected chi connectivity index (χ4v) is 2.53. The van der Waals surface area contributed by atoms with Crippen LogP contribution < -0.4 is 5.32 Å². The fraction of sp³-hybridized carbons (Fsp3) is 0.286. The number of aromatic nitrogens is 2. The molecule has 0 amide bonds. The highest BCUT2D eigenvalue weighted by atomic mass is 16.5. The Bertz CT molecular complexity index is 891. The summed E-state index contributed by atoms with van der Waals surface area (Å²) in [6.07, 6.45) is 1.80. The predicted molar refractivity (Wildman–Crippen MR) is 103 cm³/mol.